The summed E-state index contributed by atoms with van der Waals surface area (Å²) in [6.07, 6.45) is 0.907. The van der Waals surface area contributed by atoms with Gasteiger partial charge in [-0.3, -0.25) is 4.79 Å². The number of hydrogen-bond acceptors (Lipinski definition) is 2. The Morgan fingerprint density at radius 3 is 2.80 bits per heavy atom. The van der Waals surface area contributed by atoms with Crippen LogP contribution in [-0.2, 0) is 16.0 Å². The summed E-state index contributed by atoms with van der Waals surface area (Å²) in [4.78, 5) is 11.4. The van der Waals surface area contributed by atoms with Crippen LogP contribution in [0.25, 0.3) is 0 Å². The van der Waals surface area contributed by atoms with E-state index in [1.54, 1.807) is 0 Å². The summed E-state index contributed by atoms with van der Waals surface area (Å²) >= 11 is 0. The highest BCUT2D eigenvalue weighted by Gasteiger charge is 2.07. The van der Waals surface area contributed by atoms with Crippen molar-refractivity contribution in [2.45, 2.75) is 20.3 Å². The molecule has 0 radical (unpaired) electrons. The van der Waals surface area contributed by atoms with Crippen molar-refractivity contribution in [3.63, 3.8) is 0 Å². The summed E-state index contributed by atoms with van der Waals surface area (Å²) in [6.45, 7) is 4.15. The molecule has 1 rings (SSSR count). The van der Waals surface area contributed by atoms with E-state index in [4.69, 9.17) is 4.74 Å². The Balaban J connectivity index is 2.87. The van der Waals surface area contributed by atoms with Crippen LogP contribution in [0.2, 0.25) is 0 Å². The van der Waals surface area contributed by atoms with Gasteiger partial charge < -0.3 is 10.1 Å². The average Bonchev–Trinajstić information content (AvgIpc) is 2.21. The van der Waals surface area contributed by atoms with Crippen LogP contribution in [-0.4, -0.2) is 19.6 Å². The number of benzene rings is 1. The molecule has 1 amide bonds. The zero-order chi connectivity index (χ0) is 11.3. The van der Waals surface area contributed by atoms with Gasteiger partial charge in [-0.15, -0.1) is 0 Å². The molecule has 1 aromatic rings. The van der Waals surface area contributed by atoms with Gasteiger partial charge in [0, 0.05) is 12.8 Å². The number of methoxy groups -OCH3 is 1. The fourth-order valence-corrected chi connectivity index (χ4v) is 1.51. The molecule has 0 bridgehead atoms. The van der Waals surface area contributed by atoms with Gasteiger partial charge in [-0.1, -0.05) is 25.1 Å². The second-order valence-electron chi connectivity index (χ2n) is 3.44. The highest BCUT2D eigenvalue weighted by molar-refractivity contribution is 5.93. The summed E-state index contributed by atoms with van der Waals surface area (Å²) in [7, 11) is 1.51. The van der Waals surface area contributed by atoms with Gasteiger partial charge in [-0.2, -0.15) is 0 Å². The number of aryl methyl sites for hydroxylation is 2. The maximum absolute atomic E-state index is 11.4. The van der Waals surface area contributed by atoms with Crippen LogP contribution in [0.3, 0.4) is 0 Å². The molecule has 0 saturated heterocycles. The van der Waals surface area contributed by atoms with E-state index in [-0.39, 0.29) is 12.5 Å². The molecule has 0 heterocycles. The number of amides is 1. The lowest BCUT2D eigenvalue weighted by Gasteiger charge is -2.12. The van der Waals surface area contributed by atoms with E-state index in [9.17, 15) is 4.79 Å². The van der Waals surface area contributed by atoms with E-state index in [1.165, 1.54) is 7.11 Å². The largest absolute Gasteiger partial charge is 0.375 e. The van der Waals surface area contributed by atoms with Crippen LogP contribution in [0.4, 0.5) is 5.69 Å². The van der Waals surface area contributed by atoms with Crippen molar-refractivity contribution < 1.29 is 9.53 Å². The fraction of sp³-hybridized carbons (Fsp3) is 0.417. The number of hydrogen-bond donors (Lipinski definition) is 1. The minimum Gasteiger partial charge on any atom is -0.375 e. The van der Waals surface area contributed by atoms with Crippen molar-refractivity contribution in [1.29, 1.82) is 0 Å². The molecule has 15 heavy (non-hydrogen) atoms. The van der Waals surface area contributed by atoms with Gasteiger partial charge in [-0.25, -0.2) is 0 Å². The molecule has 1 aromatic carbocycles. The van der Waals surface area contributed by atoms with Crippen molar-refractivity contribution >= 4 is 11.6 Å². The Morgan fingerprint density at radius 2 is 2.20 bits per heavy atom. The van der Waals surface area contributed by atoms with Crippen molar-refractivity contribution in [2.24, 2.45) is 0 Å². The second-order valence-corrected chi connectivity index (χ2v) is 3.44. The van der Waals surface area contributed by atoms with Gasteiger partial charge in [0.1, 0.15) is 6.61 Å². The van der Waals surface area contributed by atoms with Crippen molar-refractivity contribution in [3.8, 4) is 0 Å². The monoisotopic (exact) mass is 207 g/mol. The molecule has 0 spiro atoms. The SMILES string of the molecule is CCc1cccc(C)c1NC(=O)COC. The van der Waals surface area contributed by atoms with Crippen molar-refractivity contribution in [2.75, 3.05) is 19.0 Å². The van der Waals surface area contributed by atoms with Gasteiger partial charge in [0.25, 0.3) is 0 Å². The van der Waals surface area contributed by atoms with Crippen LogP contribution >= 0.6 is 0 Å². The molecule has 0 atom stereocenters. The summed E-state index contributed by atoms with van der Waals surface area (Å²) in [5.74, 6) is -0.110. The maximum atomic E-state index is 11.4. The quantitative estimate of drug-likeness (QED) is 0.821. The summed E-state index contributed by atoms with van der Waals surface area (Å²) < 4.78 is 4.78. The fourth-order valence-electron chi connectivity index (χ4n) is 1.51. The lowest BCUT2D eigenvalue weighted by Crippen LogP contribution is -2.18. The summed E-state index contributed by atoms with van der Waals surface area (Å²) in [5, 5.41) is 2.87. The van der Waals surface area contributed by atoms with E-state index in [1.807, 2.05) is 25.1 Å². The minimum absolute atomic E-state index is 0.0947. The van der Waals surface area contributed by atoms with Crippen LogP contribution < -0.4 is 5.32 Å². The second kappa shape index (κ2) is 5.51. The van der Waals surface area contributed by atoms with Gasteiger partial charge >= 0.3 is 0 Å². The van der Waals surface area contributed by atoms with Gasteiger partial charge in [0.2, 0.25) is 5.91 Å². The summed E-state index contributed by atoms with van der Waals surface area (Å²) in [6, 6.07) is 6.01. The zero-order valence-electron chi connectivity index (χ0n) is 9.46. The highest BCUT2D eigenvalue weighted by Crippen LogP contribution is 2.20. The molecular weight excluding hydrogens is 190 g/mol. The molecule has 0 saturated carbocycles. The molecule has 0 aromatic heterocycles. The van der Waals surface area contributed by atoms with Gasteiger partial charge in [0.05, 0.1) is 0 Å². The minimum atomic E-state index is -0.110. The van der Waals surface area contributed by atoms with E-state index in [0.717, 1.165) is 23.2 Å². The molecule has 0 unspecified atom stereocenters. The Hall–Kier alpha value is -1.35. The molecule has 0 aliphatic rings. The molecule has 3 nitrogen and oxygen atoms in total. The van der Waals surface area contributed by atoms with Crippen molar-refractivity contribution in [3.05, 3.63) is 29.3 Å². The predicted octanol–water partition coefficient (Wildman–Crippen LogP) is 2.14. The molecule has 0 fully saturated rings. The van der Waals surface area contributed by atoms with E-state index in [2.05, 4.69) is 12.2 Å². The van der Waals surface area contributed by atoms with Gasteiger partial charge in [-0.05, 0) is 24.5 Å². The van der Waals surface area contributed by atoms with E-state index < -0.39 is 0 Å². The van der Waals surface area contributed by atoms with Crippen LogP contribution in [0, 0.1) is 6.92 Å². The standard InChI is InChI=1S/C12H17NO2/c1-4-10-7-5-6-9(2)12(10)13-11(14)8-15-3/h5-7H,4,8H2,1-3H3,(H,13,14). The Morgan fingerprint density at radius 1 is 1.47 bits per heavy atom. The lowest BCUT2D eigenvalue weighted by molar-refractivity contribution is -0.119. The van der Waals surface area contributed by atoms with Crippen molar-refractivity contribution in [1.82, 2.24) is 0 Å². The number of rotatable bonds is 4. The first-order valence-electron chi connectivity index (χ1n) is 5.06. The number of carbonyl (C=O) groups excluding carboxylic acids is 1. The molecule has 0 aliphatic carbocycles. The Labute approximate surface area is 90.4 Å². The maximum Gasteiger partial charge on any atom is 0.250 e. The first-order chi connectivity index (χ1) is 7.19. The number of carbonyl (C=O) groups is 1. The van der Waals surface area contributed by atoms with E-state index in [0.29, 0.717) is 0 Å². The predicted molar refractivity (Wildman–Crippen MR) is 61.1 cm³/mol. The molecule has 0 aliphatic heterocycles. The van der Waals surface area contributed by atoms with E-state index >= 15 is 0 Å². The average molecular weight is 207 g/mol. The smallest absolute Gasteiger partial charge is 0.250 e. The number of nitrogens with one attached hydrogen (secondary N) is 1. The number of anilines is 1. The van der Waals surface area contributed by atoms with Crippen LogP contribution in [0.15, 0.2) is 18.2 Å². The zero-order valence-corrected chi connectivity index (χ0v) is 9.46. The number of para-hydroxylation sites is 1. The normalized spacial score (nSPS) is 10.1. The van der Waals surface area contributed by atoms with Crippen LogP contribution in [0.5, 0.6) is 0 Å². The Bertz CT molecular complexity index is 347. The molecule has 3 heteroatoms. The molecule has 82 valence electrons. The molecular formula is C12H17NO2. The lowest BCUT2D eigenvalue weighted by atomic mass is 10.1. The third-order valence-corrected chi connectivity index (χ3v) is 2.28. The third kappa shape index (κ3) is 3.06. The summed E-state index contributed by atoms with van der Waals surface area (Å²) in [5.41, 5.74) is 3.15. The topological polar surface area (TPSA) is 38.3 Å². The first-order valence-corrected chi connectivity index (χ1v) is 5.06. The molecule has 1 N–H and O–H groups in total. The number of ether oxygens (including phenoxy) is 1. The van der Waals surface area contributed by atoms with Gasteiger partial charge in [0.15, 0.2) is 0 Å². The Kier molecular flexibility index (Phi) is 4.31. The third-order valence-electron chi connectivity index (χ3n) is 2.28. The first kappa shape index (κ1) is 11.7. The van der Waals surface area contributed by atoms with Crippen LogP contribution in [0.1, 0.15) is 18.1 Å². The highest BCUT2D eigenvalue weighted by atomic mass is 16.5.